The molecule has 184 valence electrons. The van der Waals surface area contributed by atoms with Gasteiger partial charge in [-0.1, -0.05) is 12.1 Å². The molecule has 2 N–H and O–H groups in total. The van der Waals surface area contributed by atoms with Gasteiger partial charge in [0.05, 0.1) is 18.9 Å². The molecule has 36 heavy (non-hydrogen) atoms. The van der Waals surface area contributed by atoms with Gasteiger partial charge in [0.15, 0.2) is 5.69 Å². The van der Waals surface area contributed by atoms with Crippen LogP contribution in [0.1, 0.15) is 45.7 Å². The number of fused-ring (bicyclic) bond motifs is 3. The minimum Gasteiger partial charge on any atom is -0.494 e. The van der Waals surface area contributed by atoms with E-state index in [9.17, 15) is 15.0 Å². The van der Waals surface area contributed by atoms with E-state index < -0.39 is 12.0 Å². The number of aromatic nitrogens is 4. The van der Waals surface area contributed by atoms with Gasteiger partial charge >= 0.3 is 5.97 Å². The molecule has 1 atom stereocenters. The van der Waals surface area contributed by atoms with E-state index in [0.717, 1.165) is 22.3 Å². The Balaban J connectivity index is 1.54. The molecule has 2 heterocycles. The summed E-state index contributed by atoms with van der Waals surface area (Å²) in [5.74, 6) is 0.297. The van der Waals surface area contributed by atoms with Crippen LogP contribution < -0.4 is 9.47 Å². The summed E-state index contributed by atoms with van der Waals surface area (Å²) in [6.45, 7) is 2.51. The molecule has 0 fully saturated rings. The van der Waals surface area contributed by atoms with Crippen molar-refractivity contribution in [1.29, 1.82) is 0 Å². The zero-order valence-corrected chi connectivity index (χ0v) is 19.8. The van der Waals surface area contributed by atoms with Gasteiger partial charge in [-0.3, -0.25) is 4.68 Å². The summed E-state index contributed by atoms with van der Waals surface area (Å²) in [4.78, 5) is 20.1. The highest BCUT2D eigenvalue weighted by Crippen LogP contribution is 2.40. The third kappa shape index (κ3) is 4.52. The topological polar surface area (TPSA) is 120 Å². The lowest BCUT2D eigenvalue weighted by Crippen LogP contribution is -2.19. The zero-order valence-electron chi connectivity index (χ0n) is 19.8. The van der Waals surface area contributed by atoms with E-state index in [0.29, 0.717) is 48.8 Å². The molecule has 9 nitrogen and oxygen atoms in total. The van der Waals surface area contributed by atoms with Crippen LogP contribution in [0.4, 0.5) is 0 Å². The number of hydrogen-bond donors (Lipinski definition) is 2. The third-order valence-electron chi connectivity index (χ3n) is 6.23. The first-order valence-corrected chi connectivity index (χ1v) is 11.8. The maximum absolute atomic E-state index is 12.1. The Morgan fingerprint density at radius 1 is 1.08 bits per heavy atom. The van der Waals surface area contributed by atoms with Crippen LogP contribution in [-0.4, -0.2) is 49.1 Å². The number of aliphatic hydroxyl groups excluding tert-OH is 1. The predicted molar refractivity (Wildman–Crippen MR) is 131 cm³/mol. The molecule has 0 spiro atoms. The van der Waals surface area contributed by atoms with Crippen LogP contribution in [0.25, 0.3) is 11.3 Å². The molecule has 0 amide bonds. The Bertz CT molecular complexity index is 1390. The van der Waals surface area contributed by atoms with Crippen LogP contribution in [0.5, 0.6) is 11.5 Å². The molecular weight excluding hydrogens is 460 g/mol. The summed E-state index contributed by atoms with van der Waals surface area (Å²) in [7, 11) is 0. The van der Waals surface area contributed by atoms with Crippen molar-refractivity contribution in [2.75, 3.05) is 13.2 Å². The number of carbonyl (C=O) groups is 1. The third-order valence-corrected chi connectivity index (χ3v) is 6.23. The molecule has 0 aliphatic heterocycles. The fraction of sp³-hybridized carbons (Fsp3) is 0.259. The number of aromatic carboxylic acids is 1. The molecule has 2 aromatic heterocycles. The molecule has 0 radical (unpaired) electrons. The quantitative estimate of drug-likeness (QED) is 0.368. The molecule has 0 saturated heterocycles. The van der Waals surface area contributed by atoms with Crippen molar-refractivity contribution in [1.82, 2.24) is 19.7 Å². The highest BCUT2D eigenvalue weighted by atomic mass is 16.5. The monoisotopic (exact) mass is 486 g/mol. The summed E-state index contributed by atoms with van der Waals surface area (Å²) < 4.78 is 13.2. The van der Waals surface area contributed by atoms with Crippen LogP contribution in [0.15, 0.2) is 61.2 Å². The molecule has 0 saturated carbocycles. The molecular formula is C27H26N4O5. The second kappa shape index (κ2) is 10.2. The summed E-state index contributed by atoms with van der Waals surface area (Å²) in [6, 6.07) is 12.6. The van der Waals surface area contributed by atoms with Crippen LogP contribution in [0, 0.1) is 0 Å². The van der Waals surface area contributed by atoms with Gasteiger partial charge in [-0.2, -0.15) is 5.10 Å². The van der Waals surface area contributed by atoms with Crippen LogP contribution in [0.2, 0.25) is 0 Å². The van der Waals surface area contributed by atoms with Crippen molar-refractivity contribution in [3.05, 3.63) is 89.1 Å². The number of hydrogen-bond acceptors (Lipinski definition) is 7. The summed E-state index contributed by atoms with van der Waals surface area (Å²) in [5, 5.41) is 24.8. The molecule has 4 aromatic rings. The average Bonchev–Trinajstić information content (AvgIpc) is 3.29. The number of nitrogens with zero attached hydrogens (tertiary/aromatic N) is 4. The van der Waals surface area contributed by atoms with Gasteiger partial charge in [-0.25, -0.2) is 14.8 Å². The molecule has 1 unspecified atom stereocenters. The first-order valence-electron chi connectivity index (χ1n) is 11.8. The van der Waals surface area contributed by atoms with E-state index in [1.807, 2.05) is 49.4 Å². The minimum absolute atomic E-state index is 0.0134. The van der Waals surface area contributed by atoms with E-state index in [1.54, 1.807) is 17.1 Å². The highest BCUT2D eigenvalue weighted by molar-refractivity contribution is 5.90. The Hall–Kier alpha value is -4.24. The normalized spacial score (nSPS) is 12.9. The SMILES string of the molecule is CCOc1cccc(C(CO)n2nc(C(=O)O)c3c2-c2ccc(OCc4cncnc4)cc2CC3)c1. The van der Waals surface area contributed by atoms with Gasteiger partial charge in [0.2, 0.25) is 0 Å². The molecule has 9 heteroatoms. The van der Waals surface area contributed by atoms with Gasteiger partial charge in [0, 0.05) is 29.1 Å². The van der Waals surface area contributed by atoms with Gasteiger partial charge in [-0.05, 0) is 61.2 Å². The van der Waals surface area contributed by atoms with E-state index >= 15 is 0 Å². The second-order valence-corrected chi connectivity index (χ2v) is 8.48. The summed E-state index contributed by atoms with van der Waals surface area (Å²) >= 11 is 0. The van der Waals surface area contributed by atoms with Crippen molar-refractivity contribution in [3.63, 3.8) is 0 Å². The van der Waals surface area contributed by atoms with Crippen LogP contribution in [0.3, 0.4) is 0 Å². The number of aliphatic hydroxyl groups is 1. The smallest absolute Gasteiger partial charge is 0.356 e. The molecule has 0 bridgehead atoms. The van der Waals surface area contributed by atoms with E-state index in [-0.39, 0.29) is 12.3 Å². The lowest BCUT2D eigenvalue weighted by Gasteiger charge is -2.24. The minimum atomic E-state index is -1.08. The number of carboxylic acids is 1. The van der Waals surface area contributed by atoms with Crippen molar-refractivity contribution >= 4 is 5.97 Å². The first-order chi connectivity index (χ1) is 17.6. The van der Waals surface area contributed by atoms with Gasteiger partial charge < -0.3 is 19.7 Å². The Labute approximate surface area is 208 Å². The van der Waals surface area contributed by atoms with Crippen LogP contribution in [-0.2, 0) is 19.4 Å². The number of aryl methyl sites for hydroxylation is 1. The van der Waals surface area contributed by atoms with E-state index in [4.69, 9.17) is 9.47 Å². The number of rotatable bonds is 9. The maximum atomic E-state index is 12.1. The van der Waals surface area contributed by atoms with Crippen LogP contribution >= 0.6 is 0 Å². The molecule has 1 aliphatic rings. The van der Waals surface area contributed by atoms with Gasteiger partial charge in [-0.15, -0.1) is 0 Å². The molecule has 1 aliphatic carbocycles. The second-order valence-electron chi connectivity index (χ2n) is 8.48. The Morgan fingerprint density at radius 3 is 2.64 bits per heavy atom. The predicted octanol–water partition coefficient (Wildman–Crippen LogP) is 3.70. The fourth-order valence-electron chi connectivity index (χ4n) is 4.62. The summed E-state index contributed by atoms with van der Waals surface area (Å²) in [6.07, 6.45) is 6.07. The molecule has 5 rings (SSSR count). The highest BCUT2D eigenvalue weighted by Gasteiger charge is 2.31. The fourth-order valence-corrected chi connectivity index (χ4v) is 4.62. The summed E-state index contributed by atoms with van der Waals surface area (Å²) in [5.41, 5.74) is 4.94. The lowest BCUT2D eigenvalue weighted by molar-refractivity contribution is 0.0687. The Morgan fingerprint density at radius 2 is 1.89 bits per heavy atom. The van der Waals surface area contributed by atoms with E-state index in [2.05, 4.69) is 15.1 Å². The lowest BCUT2D eigenvalue weighted by atomic mass is 9.88. The van der Waals surface area contributed by atoms with Crippen molar-refractivity contribution < 1.29 is 24.5 Å². The van der Waals surface area contributed by atoms with E-state index in [1.165, 1.54) is 6.33 Å². The van der Waals surface area contributed by atoms with Crippen molar-refractivity contribution in [3.8, 4) is 22.8 Å². The number of benzene rings is 2. The van der Waals surface area contributed by atoms with Gasteiger partial charge in [0.1, 0.15) is 30.5 Å². The van der Waals surface area contributed by atoms with Crippen molar-refractivity contribution in [2.24, 2.45) is 0 Å². The van der Waals surface area contributed by atoms with Crippen molar-refractivity contribution in [2.45, 2.75) is 32.4 Å². The maximum Gasteiger partial charge on any atom is 0.356 e. The zero-order chi connectivity index (χ0) is 25.1. The average molecular weight is 487 g/mol. The first kappa shape index (κ1) is 23.5. The standard InChI is InChI=1S/C27H26N4O5/c1-2-35-20-5-3-4-19(11-20)24(14-32)31-26-22-9-7-21(36-15-17-12-28-16-29-13-17)10-18(22)6-8-23(26)25(30-31)27(33)34/h3-5,7,9-13,16,24,32H,2,6,8,14-15H2,1H3,(H,33,34). The Kier molecular flexibility index (Phi) is 6.64. The largest absolute Gasteiger partial charge is 0.494 e. The molecule has 2 aromatic carbocycles. The van der Waals surface area contributed by atoms with Gasteiger partial charge in [0.25, 0.3) is 0 Å². The number of ether oxygens (including phenoxy) is 2. The number of carboxylic acid groups (broad SMARTS) is 1.